The predicted molar refractivity (Wildman–Crippen MR) is 58.0 cm³/mol. The van der Waals surface area contributed by atoms with Gasteiger partial charge >= 0.3 is 0 Å². The molecular weight excluding hydrogens is 242 g/mol. The van der Waals surface area contributed by atoms with Crippen molar-refractivity contribution in [3.8, 4) is 6.07 Å². The molecule has 0 unspecified atom stereocenters. The van der Waals surface area contributed by atoms with Gasteiger partial charge in [0.15, 0.2) is 0 Å². The molecule has 4 heteroatoms. The van der Waals surface area contributed by atoms with Crippen LogP contribution in [0.15, 0.2) is 18.5 Å². The Bertz CT molecular complexity index is 496. The van der Waals surface area contributed by atoms with Gasteiger partial charge in [-0.2, -0.15) is 5.26 Å². The SMILES string of the molecule is N#CCc1ccc2[nH]cnc2c1CBr. The normalized spacial score (nSPS) is 10.3. The van der Waals surface area contributed by atoms with Crippen LogP contribution in [0, 0.1) is 11.3 Å². The molecule has 0 atom stereocenters. The van der Waals surface area contributed by atoms with Crippen LogP contribution in [0.5, 0.6) is 0 Å². The fraction of sp³-hybridized carbons (Fsp3) is 0.200. The molecule has 0 radical (unpaired) electrons. The van der Waals surface area contributed by atoms with E-state index in [0.29, 0.717) is 6.42 Å². The summed E-state index contributed by atoms with van der Waals surface area (Å²) in [6.07, 6.45) is 2.11. The zero-order valence-corrected chi connectivity index (χ0v) is 9.00. The van der Waals surface area contributed by atoms with Crippen LogP contribution in [-0.2, 0) is 11.8 Å². The van der Waals surface area contributed by atoms with Gasteiger partial charge in [0.1, 0.15) is 0 Å². The molecule has 14 heavy (non-hydrogen) atoms. The lowest BCUT2D eigenvalue weighted by Gasteiger charge is -2.03. The summed E-state index contributed by atoms with van der Waals surface area (Å²) < 4.78 is 0. The summed E-state index contributed by atoms with van der Waals surface area (Å²) in [6, 6.07) is 6.09. The van der Waals surface area contributed by atoms with Crippen LogP contribution >= 0.6 is 15.9 Å². The summed E-state index contributed by atoms with van der Waals surface area (Å²) in [5.41, 5.74) is 4.12. The van der Waals surface area contributed by atoms with Crippen molar-refractivity contribution in [1.29, 1.82) is 5.26 Å². The van der Waals surface area contributed by atoms with Gasteiger partial charge in [0.05, 0.1) is 29.9 Å². The maximum Gasteiger partial charge on any atom is 0.0932 e. The number of imidazole rings is 1. The highest BCUT2D eigenvalue weighted by Crippen LogP contribution is 2.22. The standard InChI is InChI=1S/C10H8BrN3/c11-5-8-7(3-4-12)1-2-9-10(8)14-6-13-9/h1-2,6H,3,5H2,(H,13,14). The van der Waals surface area contributed by atoms with Crippen molar-refractivity contribution >= 4 is 27.0 Å². The number of fused-ring (bicyclic) bond motifs is 1. The largest absolute Gasteiger partial charge is 0.345 e. The Morgan fingerprint density at radius 1 is 1.50 bits per heavy atom. The van der Waals surface area contributed by atoms with Gasteiger partial charge in [0.2, 0.25) is 0 Å². The lowest BCUT2D eigenvalue weighted by Crippen LogP contribution is -1.91. The van der Waals surface area contributed by atoms with E-state index < -0.39 is 0 Å². The van der Waals surface area contributed by atoms with E-state index in [9.17, 15) is 0 Å². The first-order chi connectivity index (χ1) is 6.86. The molecule has 1 heterocycles. The van der Waals surface area contributed by atoms with Gasteiger partial charge in [-0.25, -0.2) is 4.98 Å². The van der Waals surface area contributed by atoms with Crippen molar-refractivity contribution in [2.75, 3.05) is 0 Å². The van der Waals surface area contributed by atoms with Gasteiger partial charge in [-0.15, -0.1) is 0 Å². The van der Waals surface area contributed by atoms with E-state index in [1.165, 1.54) is 0 Å². The molecule has 1 N–H and O–H groups in total. The third-order valence-electron chi connectivity index (χ3n) is 2.20. The molecule has 1 aromatic carbocycles. The number of nitrogens with one attached hydrogen (secondary N) is 1. The van der Waals surface area contributed by atoms with Gasteiger partial charge in [-0.1, -0.05) is 22.0 Å². The van der Waals surface area contributed by atoms with Crippen LogP contribution in [0.1, 0.15) is 11.1 Å². The highest BCUT2D eigenvalue weighted by molar-refractivity contribution is 9.08. The van der Waals surface area contributed by atoms with E-state index in [2.05, 4.69) is 32.0 Å². The minimum Gasteiger partial charge on any atom is -0.345 e. The van der Waals surface area contributed by atoms with Crippen molar-refractivity contribution in [3.05, 3.63) is 29.6 Å². The Balaban J connectivity index is 2.67. The molecule has 1 aromatic heterocycles. The number of alkyl halides is 1. The van der Waals surface area contributed by atoms with Crippen molar-refractivity contribution in [3.63, 3.8) is 0 Å². The van der Waals surface area contributed by atoms with E-state index >= 15 is 0 Å². The second-order valence-corrected chi connectivity index (χ2v) is 3.53. The lowest BCUT2D eigenvalue weighted by atomic mass is 10.1. The van der Waals surface area contributed by atoms with Crippen LogP contribution in [0.4, 0.5) is 0 Å². The average molecular weight is 250 g/mol. The molecule has 0 aliphatic rings. The molecule has 0 amide bonds. The van der Waals surface area contributed by atoms with Crippen molar-refractivity contribution in [1.82, 2.24) is 9.97 Å². The van der Waals surface area contributed by atoms with E-state index in [4.69, 9.17) is 5.26 Å². The molecule has 0 aliphatic carbocycles. The first-order valence-electron chi connectivity index (χ1n) is 4.23. The van der Waals surface area contributed by atoms with Gasteiger partial charge in [0.25, 0.3) is 0 Å². The number of hydrogen-bond acceptors (Lipinski definition) is 2. The molecular formula is C10H8BrN3. The van der Waals surface area contributed by atoms with E-state index in [1.807, 2.05) is 12.1 Å². The molecule has 2 rings (SSSR count). The summed E-state index contributed by atoms with van der Waals surface area (Å²) >= 11 is 3.42. The topological polar surface area (TPSA) is 52.5 Å². The van der Waals surface area contributed by atoms with Crippen LogP contribution < -0.4 is 0 Å². The van der Waals surface area contributed by atoms with Gasteiger partial charge < -0.3 is 4.98 Å². The number of H-pyrrole nitrogens is 1. The van der Waals surface area contributed by atoms with E-state index in [-0.39, 0.29) is 0 Å². The number of nitriles is 1. The maximum atomic E-state index is 8.67. The minimum atomic E-state index is 0.434. The van der Waals surface area contributed by atoms with Crippen molar-refractivity contribution < 1.29 is 0 Å². The quantitative estimate of drug-likeness (QED) is 0.832. The molecule has 0 spiro atoms. The molecule has 0 bridgehead atoms. The molecule has 70 valence electrons. The fourth-order valence-electron chi connectivity index (χ4n) is 1.51. The van der Waals surface area contributed by atoms with E-state index in [0.717, 1.165) is 27.5 Å². The Morgan fingerprint density at radius 2 is 2.36 bits per heavy atom. The average Bonchev–Trinajstić information content (AvgIpc) is 2.66. The molecule has 2 aromatic rings. The maximum absolute atomic E-state index is 8.67. The second-order valence-electron chi connectivity index (χ2n) is 2.97. The molecule has 0 saturated heterocycles. The minimum absolute atomic E-state index is 0.434. The summed E-state index contributed by atoms with van der Waals surface area (Å²) in [5, 5.41) is 9.40. The van der Waals surface area contributed by atoms with Crippen LogP contribution in [0.25, 0.3) is 11.0 Å². The fourth-order valence-corrected chi connectivity index (χ4v) is 2.13. The Morgan fingerprint density at radius 3 is 3.07 bits per heavy atom. The molecule has 3 nitrogen and oxygen atoms in total. The number of aromatic nitrogens is 2. The Labute approximate surface area is 89.9 Å². The molecule has 0 fully saturated rings. The summed E-state index contributed by atoms with van der Waals surface area (Å²) in [7, 11) is 0. The van der Waals surface area contributed by atoms with Gasteiger partial charge in [-0.05, 0) is 17.2 Å². The number of benzene rings is 1. The highest BCUT2D eigenvalue weighted by atomic mass is 79.9. The highest BCUT2D eigenvalue weighted by Gasteiger charge is 2.07. The Hall–Kier alpha value is -1.34. The first-order valence-corrected chi connectivity index (χ1v) is 5.35. The number of aromatic amines is 1. The number of hydrogen-bond donors (Lipinski definition) is 1. The van der Waals surface area contributed by atoms with Crippen LogP contribution in [-0.4, -0.2) is 9.97 Å². The zero-order chi connectivity index (χ0) is 9.97. The third-order valence-corrected chi connectivity index (χ3v) is 2.76. The van der Waals surface area contributed by atoms with Crippen LogP contribution in [0.2, 0.25) is 0 Å². The molecule has 0 saturated carbocycles. The number of halogens is 1. The van der Waals surface area contributed by atoms with Crippen LogP contribution in [0.3, 0.4) is 0 Å². The first kappa shape index (κ1) is 9.22. The monoisotopic (exact) mass is 249 g/mol. The van der Waals surface area contributed by atoms with Crippen molar-refractivity contribution in [2.45, 2.75) is 11.8 Å². The summed E-state index contributed by atoms with van der Waals surface area (Å²) in [4.78, 5) is 7.29. The zero-order valence-electron chi connectivity index (χ0n) is 7.42. The number of nitrogens with zero attached hydrogens (tertiary/aromatic N) is 2. The van der Waals surface area contributed by atoms with E-state index in [1.54, 1.807) is 6.33 Å². The van der Waals surface area contributed by atoms with Crippen molar-refractivity contribution in [2.24, 2.45) is 0 Å². The predicted octanol–water partition coefficient (Wildman–Crippen LogP) is 2.52. The smallest absolute Gasteiger partial charge is 0.0932 e. The second kappa shape index (κ2) is 3.81. The summed E-state index contributed by atoms with van der Waals surface area (Å²) in [5.74, 6) is 0. The number of rotatable bonds is 2. The molecule has 0 aliphatic heterocycles. The third kappa shape index (κ3) is 1.40. The van der Waals surface area contributed by atoms with Gasteiger partial charge in [0, 0.05) is 5.33 Å². The lowest BCUT2D eigenvalue weighted by molar-refractivity contribution is 1.21. The summed E-state index contributed by atoms with van der Waals surface area (Å²) in [6.45, 7) is 0. The van der Waals surface area contributed by atoms with Gasteiger partial charge in [-0.3, -0.25) is 0 Å². The Kier molecular flexibility index (Phi) is 2.51.